The van der Waals surface area contributed by atoms with Gasteiger partial charge in [-0.15, -0.1) is 0 Å². The van der Waals surface area contributed by atoms with E-state index in [0.717, 1.165) is 30.4 Å². The average Bonchev–Trinajstić information content (AvgIpc) is 3.64. The van der Waals surface area contributed by atoms with E-state index < -0.39 is 23.5 Å². The first-order valence-electron chi connectivity index (χ1n) is 14.2. The summed E-state index contributed by atoms with van der Waals surface area (Å²) in [6.07, 6.45) is 2.40. The maximum atomic E-state index is 13.8. The molecule has 1 aromatic carbocycles. The highest BCUT2D eigenvalue weighted by Gasteiger charge is 2.56. The van der Waals surface area contributed by atoms with Crippen molar-refractivity contribution in [2.24, 2.45) is 17.1 Å². The lowest BCUT2D eigenvalue weighted by molar-refractivity contribution is -0.228. The minimum atomic E-state index is -4.13. The largest absolute Gasteiger partial charge is 0.477 e. The Labute approximate surface area is 232 Å². The summed E-state index contributed by atoms with van der Waals surface area (Å²) in [5, 5.41) is 0. The van der Waals surface area contributed by atoms with Gasteiger partial charge in [-0.25, -0.2) is 4.98 Å². The number of piperidine rings is 1. The van der Waals surface area contributed by atoms with Gasteiger partial charge in [-0.3, -0.25) is 9.59 Å². The van der Waals surface area contributed by atoms with E-state index in [-0.39, 0.29) is 31.2 Å². The third kappa shape index (κ3) is 6.11. The highest BCUT2D eigenvalue weighted by Crippen LogP contribution is 2.51. The summed E-state index contributed by atoms with van der Waals surface area (Å²) < 4.78 is 47.2. The molecule has 2 saturated heterocycles. The van der Waals surface area contributed by atoms with E-state index in [9.17, 15) is 22.8 Å². The van der Waals surface area contributed by atoms with Gasteiger partial charge in [0, 0.05) is 36.5 Å². The predicted molar refractivity (Wildman–Crippen MR) is 145 cm³/mol. The molecule has 3 aliphatic rings. The Morgan fingerprint density at radius 1 is 0.950 bits per heavy atom. The molecule has 2 aliphatic heterocycles. The summed E-state index contributed by atoms with van der Waals surface area (Å²) in [7, 11) is 0. The van der Waals surface area contributed by atoms with Crippen molar-refractivity contribution in [1.82, 2.24) is 14.8 Å². The van der Waals surface area contributed by atoms with Crippen molar-refractivity contribution >= 4 is 11.8 Å². The van der Waals surface area contributed by atoms with Gasteiger partial charge >= 0.3 is 6.18 Å². The van der Waals surface area contributed by atoms with Crippen LogP contribution in [0.3, 0.4) is 0 Å². The average molecular weight is 559 g/mol. The number of likely N-dealkylation sites (tertiary alicyclic amines) is 2. The van der Waals surface area contributed by atoms with E-state index in [0.29, 0.717) is 56.9 Å². The van der Waals surface area contributed by atoms with Crippen LogP contribution in [0.15, 0.2) is 42.6 Å². The molecule has 2 aromatic rings. The van der Waals surface area contributed by atoms with E-state index >= 15 is 0 Å². The molecule has 7 nitrogen and oxygen atoms in total. The van der Waals surface area contributed by atoms with E-state index in [1.165, 1.54) is 0 Å². The standard InChI is InChI=1S/C30H37F3N4O3/c31-30(32,33)29(13-1-2-14-29)20-36-16-11-21(12-17-36)19-40-26-10-9-24(18-35-26)22-5-7-23(8-6-22)28(39)37-15-3-4-25(37)27(34)38/h5-10,18,21,25H,1-4,11-17,19-20H2,(H2,34,38). The number of nitrogens with two attached hydrogens (primary N) is 1. The van der Waals surface area contributed by atoms with E-state index in [1.807, 2.05) is 23.1 Å². The number of carbonyl (C=O) groups is 2. The van der Waals surface area contributed by atoms with E-state index in [1.54, 1.807) is 29.3 Å². The number of alkyl halides is 3. The zero-order valence-corrected chi connectivity index (χ0v) is 22.7. The van der Waals surface area contributed by atoms with Gasteiger partial charge in [0.25, 0.3) is 5.91 Å². The van der Waals surface area contributed by atoms with Gasteiger partial charge in [-0.2, -0.15) is 13.2 Å². The summed E-state index contributed by atoms with van der Waals surface area (Å²) >= 11 is 0. The van der Waals surface area contributed by atoms with Crippen molar-refractivity contribution in [1.29, 1.82) is 0 Å². The molecule has 0 bridgehead atoms. The van der Waals surface area contributed by atoms with Gasteiger partial charge in [0.15, 0.2) is 0 Å². The maximum Gasteiger partial charge on any atom is 0.395 e. The van der Waals surface area contributed by atoms with Crippen LogP contribution in [-0.4, -0.2) is 71.6 Å². The van der Waals surface area contributed by atoms with Gasteiger partial charge in [0.05, 0.1) is 12.0 Å². The van der Waals surface area contributed by atoms with Gasteiger partial charge in [-0.05, 0) is 81.3 Å². The number of primary amides is 1. The lowest BCUT2D eigenvalue weighted by Gasteiger charge is -2.40. The van der Waals surface area contributed by atoms with Crippen molar-refractivity contribution < 1.29 is 27.5 Å². The molecule has 1 atom stereocenters. The minimum absolute atomic E-state index is 0.119. The molecule has 5 rings (SSSR count). The summed E-state index contributed by atoms with van der Waals surface area (Å²) in [5.74, 6) is 0.128. The monoisotopic (exact) mass is 558 g/mol. The van der Waals surface area contributed by atoms with Crippen LogP contribution in [0.2, 0.25) is 0 Å². The highest BCUT2D eigenvalue weighted by atomic mass is 19.4. The third-order valence-corrected chi connectivity index (χ3v) is 8.91. The number of benzene rings is 1. The first kappa shape index (κ1) is 28.4. The van der Waals surface area contributed by atoms with Crippen LogP contribution >= 0.6 is 0 Å². The van der Waals surface area contributed by atoms with Crippen LogP contribution in [0, 0.1) is 11.3 Å². The number of amides is 2. The minimum Gasteiger partial charge on any atom is -0.477 e. The van der Waals surface area contributed by atoms with Gasteiger partial charge in [0.2, 0.25) is 11.8 Å². The predicted octanol–water partition coefficient (Wildman–Crippen LogP) is 5.05. The number of pyridine rings is 1. The molecule has 10 heteroatoms. The fourth-order valence-electron chi connectivity index (χ4n) is 6.44. The van der Waals surface area contributed by atoms with Crippen molar-refractivity contribution in [3.05, 3.63) is 48.2 Å². The SMILES string of the molecule is NC(=O)C1CCCN1C(=O)c1ccc(-c2ccc(OCC3CCN(CC4(C(F)(F)F)CCCC4)CC3)nc2)cc1. The Kier molecular flexibility index (Phi) is 8.35. The molecular weight excluding hydrogens is 521 g/mol. The number of rotatable bonds is 8. The second-order valence-corrected chi connectivity index (χ2v) is 11.5. The fourth-order valence-corrected chi connectivity index (χ4v) is 6.44. The molecule has 0 spiro atoms. The van der Waals surface area contributed by atoms with E-state index in [2.05, 4.69) is 4.98 Å². The van der Waals surface area contributed by atoms with Crippen LogP contribution in [-0.2, 0) is 4.79 Å². The quantitative estimate of drug-likeness (QED) is 0.490. The van der Waals surface area contributed by atoms with E-state index in [4.69, 9.17) is 10.5 Å². The van der Waals surface area contributed by atoms with Crippen LogP contribution in [0.1, 0.15) is 61.7 Å². The molecule has 1 aromatic heterocycles. The highest BCUT2D eigenvalue weighted by molar-refractivity contribution is 5.98. The molecule has 3 heterocycles. The second-order valence-electron chi connectivity index (χ2n) is 11.5. The molecule has 3 fully saturated rings. The van der Waals surface area contributed by atoms with Gasteiger partial charge < -0.3 is 20.3 Å². The van der Waals surface area contributed by atoms with Crippen LogP contribution < -0.4 is 10.5 Å². The van der Waals surface area contributed by atoms with Gasteiger partial charge in [0.1, 0.15) is 6.04 Å². The van der Waals surface area contributed by atoms with Crippen molar-refractivity contribution in [2.75, 3.05) is 32.8 Å². The Bertz CT molecular complexity index is 1170. The third-order valence-electron chi connectivity index (χ3n) is 8.91. The number of ether oxygens (including phenoxy) is 1. The molecule has 1 saturated carbocycles. The summed E-state index contributed by atoms with van der Waals surface area (Å²) in [5.41, 5.74) is 6.20. The Morgan fingerprint density at radius 2 is 1.62 bits per heavy atom. The Morgan fingerprint density at radius 3 is 2.23 bits per heavy atom. The summed E-state index contributed by atoms with van der Waals surface area (Å²) in [6.45, 7) is 2.46. The topological polar surface area (TPSA) is 88.8 Å². The number of carbonyl (C=O) groups excluding carboxylic acids is 2. The van der Waals surface area contributed by atoms with Crippen molar-refractivity contribution in [2.45, 2.75) is 63.6 Å². The number of hydrogen-bond acceptors (Lipinski definition) is 5. The molecule has 2 N–H and O–H groups in total. The lowest BCUT2D eigenvalue weighted by Crippen LogP contribution is -2.48. The second kappa shape index (κ2) is 11.8. The molecule has 0 radical (unpaired) electrons. The van der Waals surface area contributed by atoms with Crippen LogP contribution in [0.5, 0.6) is 5.88 Å². The first-order chi connectivity index (χ1) is 19.1. The summed E-state index contributed by atoms with van der Waals surface area (Å²) in [4.78, 5) is 32.4. The zero-order valence-electron chi connectivity index (χ0n) is 22.7. The fraction of sp³-hybridized carbons (Fsp3) is 0.567. The number of hydrogen-bond donors (Lipinski definition) is 1. The first-order valence-corrected chi connectivity index (χ1v) is 14.2. The molecule has 2 amide bonds. The molecular formula is C30H37F3N4O3. The molecule has 1 aliphatic carbocycles. The number of aromatic nitrogens is 1. The Balaban J connectivity index is 1.10. The smallest absolute Gasteiger partial charge is 0.395 e. The van der Waals surface area contributed by atoms with Crippen molar-refractivity contribution in [3.8, 4) is 17.0 Å². The molecule has 216 valence electrons. The van der Waals surface area contributed by atoms with Gasteiger partial charge in [-0.1, -0.05) is 25.0 Å². The maximum absolute atomic E-state index is 13.8. The van der Waals surface area contributed by atoms with Crippen LogP contribution in [0.25, 0.3) is 11.1 Å². The zero-order chi connectivity index (χ0) is 28.3. The summed E-state index contributed by atoms with van der Waals surface area (Å²) in [6, 6.07) is 10.4. The lowest BCUT2D eigenvalue weighted by atomic mass is 9.83. The Hall–Kier alpha value is -3.14. The molecule has 40 heavy (non-hydrogen) atoms. The van der Waals surface area contributed by atoms with Crippen LogP contribution in [0.4, 0.5) is 13.2 Å². The molecule has 1 unspecified atom stereocenters. The normalized spacial score (nSPS) is 22.0. The number of halogens is 3. The number of nitrogens with zero attached hydrogens (tertiary/aromatic N) is 3. The van der Waals surface area contributed by atoms with Crippen molar-refractivity contribution in [3.63, 3.8) is 0 Å².